The zero-order chi connectivity index (χ0) is 21.6. The maximum atomic E-state index is 12.9. The number of nitrogens with one attached hydrogen (secondary N) is 1. The molecule has 2 N–H and O–H groups in total. The van der Waals surface area contributed by atoms with Crippen LogP contribution in [0.2, 0.25) is 0 Å². The molecule has 0 saturated carbocycles. The van der Waals surface area contributed by atoms with E-state index >= 15 is 0 Å². The summed E-state index contributed by atoms with van der Waals surface area (Å²) in [7, 11) is 0. The summed E-state index contributed by atoms with van der Waals surface area (Å²) in [6.07, 6.45) is 0.871. The van der Waals surface area contributed by atoms with E-state index in [1.165, 1.54) is 4.90 Å². The van der Waals surface area contributed by atoms with Gasteiger partial charge in [-0.25, -0.2) is 4.79 Å². The first-order valence-corrected chi connectivity index (χ1v) is 10.3. The molecule has 2 amide bonds. The molecule has 1 aliphatic heterocycles. The lowest BCUT2D eigenvalue weighted by atomic mass is 10.0. The molecular weight excluding hydrogens is 392 g/mol. The average Bonchev–Trinajstić information content (AvgIpc) is 3.29. The normalized spacial score (nSPS) is 15.5. The van der Waals surface area contributed by atoms with E-state index in [4.69, 9.17) is 4.74 Å². The van der Waals surface area contributed by atoms with Crippen molar-refractivity contribution in [3.8, 4) is 16.9 Å². The van der Waals surface area contributed by atoms with Gasteiger partial charge in [0.1, 0.15) is 18.4 Å². The third-order valence-corrected chi connectivity index (χ3v) is 5.30. The molecule has 4 rings (SSSR count). The first-order chi connectivity index (χ1) is 15.1. The number of likely N-dealkylation sites (tertiary alicyclic amines) is 1. The number of phenolic OH excluding ortho intramolecular Hbond substituents is 1. The Morgan fingerprint density at radius 3 is 2.48 bits per heavy atom. The SMILES string of the molecule is O=C(Nc1cccc(-c2cccc(O)c2)c1)C1CCCN1C(=O)OCc1ccccc1. The predicted octanol–water partition coefficient (Wildman–Crippen LogP) is 4.80. The molecule has 1 aliphatic rings. The number of amides is 2. The van der Waals surface area contributed by atoms with Crippen molar-refractivity contribution in [3.63, 3.8) is 0 Å². The number of nitrogens with zero attached hydrogens (tertiary/aromatic N) is 1. The lowest BCUT2D eigenvalue weighted by Gasteiger charge is -2.23. The molecule has 1 unspecified atom stereocenters. The number of aromatic hydroxyl groups is 1. The van der Waals surface area contributed by atoms with Gasteiger partial charge in [0, 0.05) is 12.2 Å². The molecule has 0 radical (unpaired) electrons. The van der Waals surface area contributed by atoms with Crippen molar-refractivity contribution in [1.29, 1.82) is 0 Å². The summed E-state index contributed by atoms with van der Waals surface area (Å²) in [6, 6.07) is 23.2. The van der Waals surface area contributed by atoms with Gasteiger partial charge < -0.3 is 15.2 Å². The van der Waals surface area contributed by atoms with Crippen LogP contribution < -0.4 is 5.32 Å². The average molecular weight is 416 g/mol. The molecule has 31 heavy (non-hydrogen) atoms. The fraction of sp³-hybridized carbons (Fsp3) is 0.200. The Morgan fingerprint density at radius 1 is 0.968 bits per heavy atom. The number of hydrogen-bond donors (Lipinski definition) is 2. The minimum Gasteiger partial charge on any atom is -0.508 e. The number of anilines is 1. The van der Waals surface area contributed by atoms with Crippen LogP contribution >= 0.6 is 0 Å². The second-order valence-corrected chi connectivity index (χ2v) is 7.51. The van der Waals surface area contributed by atoms with E-state index in [0.29, 0.717) is 18.7 Å². The maximum Gasteiger partial charge on any atom is 0.410 e. The lowest BCUT2D eigenvalue weighted by Crippen LogP contribution is -2.43. The van der Waals surface area contributed by atoms with Crippen LogP contribution in [-0.4, -0.2) is 34.6 Å². The van der Waals surface area contributed by atoms with Crippen molar-refractivity contribution >= 4 is 17.7 Å². The minimum absolute atomic E-state index is 0.177. The molecule has 6 heteroatoms. The van der Waals surface area contributed by atoms with Gasteiger partial charge in [-0.2, -0.15) is 0 Å². The van der Waals surface area contributed by atoms with E-state index in [2.05, 4.69) is 5.32 Å². The van der Waals surface area contributed by atoms with Crippen LogP contribution in [0.25, 0.3) is 11.1 Å². The van der Waals surface area contributed by atoms with Crippen LogP contribution in [0.1, 0.15) is 18.4 Å². The molecule has 3 aromatic rings. The first kappa shape index (κ1) is 20.5. The van der Waals surface area contributed by atoms with Crippen LogP contribution in [0.4, 0.5) is 10.5 Å². The Morgan fingerprint density at radius 2 is 1.71 bits per heavy atom. The highest BCUT2D eigenvalue weighted by atomic mass is 16.6. The standard InChI is InChI=1S/C25H24N2O4/c28-22-12-5-10-20(16-22)19-9-4-11-21(15-19)26-24(29)23-13-6-14-27(23)25(30)31-17-18-7-2-1-3-8-18/h1-5,7-12,15-16,23,28H,6,13-14,17H2,(H,26,29). The van der Waals surface area contributed by atoms with Gasteiger partial charge in [0.2, 0.25) is 5.91 Å². The Bertz CT molecular complexity index is 1070. The third-order valence-electron chi connectivity index (χ3n) is 5.30. The highest BCUT2D eigenvalue weighted by Crippen LogP contribution is 2.26. The van der Waals surface area contributed by atoms with Crippen molar-refractivity contribution in [1.82, 2.24) is 4.90 Å². The summed E-state index contributed by atoms with van der Waals surface area (Å²) in [5, 5.41) is 12.6. The Hall–Kier alpha value is -3.80. The lowest BCUT2D eigenvalue weighted by molar-refractivity contribution is -0.120. The molecule has 1 fully saturated rings. The Labute approximate surface area is 181 Å². The number of benzene rings is 3. The summed E-state index contributed by atoms with van der Waals surface area (Å²) >= 11 is 0. The zero-order valence-corrected chi connectivity index (χ0v) is 17.0. The Kier molecular flexibility index (Phi) is 6.17. The number of carbonyl (C=O) groups is 2. The molecule has 0 bridgehead atoms. The molecule has 1 saturated heterocycles. The largest absolute Gasteiger partial charge is 0.508 e. The van der Waals surface area contributed by atoms with E-state index < -0.39 is 12.1 Å². The van der Waals surface area contributed by atoms with Crippen LogP contribution in [0.15, 0.2) is 78.9 Å². The van der Waals surface area contributed by atoms with Gasteiger partial charge >= 0.3 is 6.09 Å². The van der Waals surface area contributed by atoms with Gasteiger partial charge in [-0.1, -0.05) is 54.6 Å². The van der Waals surface area contributed by atoms with E-state index in [-0.39, 0.29) is 18.3 Å². The van der Waals surface area contributed by atoms with Crippen LogP contribution in [0, 0.1) is 0 Å². The Balaban J connectivity index is 1.40. The second-order valence-electron chi connectivity index (χ2n) is 7.51. The quantitative estimate of drug-likeness (QED) is 0.626. The van der Waals surface area contributed by atoms with Gasteiger partial charge in [-0.05, 0) is 53.8 Å². The number of ether oxygens (including phenoxy) is 1. The molecule has 0 spiro atoms. The predicted molar refractivity (Wildman–Crippen MR) is 119 cm³/mol. The van der Waals surface area contributed by atoms with Crippen LogP contribution in [-0.2, 0) is 16.1 Å². The van der Waals surface area contributed by atoms with Gasteiger partial charge in [0.05, 0.1) is 0 Å². The maximum absolute atomic E-state index is 12.9. The van der Waals surface area contributed by atoms with Crippen LogP contribution in [0.3, 0.4) is 0 Å². The van der Waals surface area contributed by atoms with Crippen molar-refractivity contribution in [2.45, 2.75) is 25.5 Å². The molecular formula is C25H24N2O4. The molecule has 0 aliphatic carbocycles. The summed E-state index contributed by atoms with van der Waals surface area (Å²) in [6.45, 7) is 0.672. The van der Waals surface area contributed by atoms with E-state index in [1.54, 1.807) is 24.3 Å². The summed E-state index contributed by atoms with van der Waals surface area (Å²) in [5.74, 6) is -0.0511. The molecule has 158 valence electrons. The summed E-state index contributed by atoms with van der Waals surface area (Å²) in [4.78, 5) is 27.0. The summed E-state index contributed by atoms with van der Waals surface area (Å²) < 4.78 is 5.41. The van der Waals surface area contributed by atoms with Crippen molar-refractivity contribution in [2.24, 2.45) is 0 Å². The second kappa shape index (κ2) is 9.34. The van der Waals surface area contributed by atoms with E-state index in [1.807, 2.05) is 54.6 Å². The fourth-order valence-corrected chi connectivity index (χ4v) is 3.75. The highest BCUT2D eigenvalue weighted by Gasteiger charge is 2.35. The van der Waals surface area contributed by atoms with Gasteiger partial charge in [-0.15, -0.1) is 0 Å². The van der Waals surface area contributed by atoms with Crippen LogP contribution in [0.5, 0.6) is 5.75 Å². The molecule has 1 atom stereocenters. The van der Waals surface area contributed by atoms with E-state index in [0.717, 1.165) is 23.1 Å². The third kappa shape index (κ3) is 5.04. The van der Waals surface area contributed by atoms with Gasteiger partial charge in [0.25, 0.3) is 0 Å². The number of hydrogen-bond acceptors (Lipinski definition) is 4. The highest BCUT2D eigenvalue weighted by molar-refractivity contribution is 5.97. The van der Waals surface area contributed by atoms with Gasteiger partial charge in [0.15, 0.2) is 0 Å². The zero-order valence-electron chi connectivity index (χ0n) is 17.0. The first-order valence-electron chi connectivity index (χ1n) is 10.3. The molecule has 0 aromatic heterocycles. The summed E-state index contributed by atoms with van der Waals surface area (Å²) in [5.41, 5.74) is 3.26. The topological polar surface area (TPSA) is 78.9 Å². The van der Waals surface area contributed by atoms with Crippen molar-refractivity contribution in [2.75, 3.05) is 11.9 Å². The fourth-order valence-electron chi connectivity index (χ4n) is 3.75. The number of rotatable bonds is 5. The van der Waals surface area contributed by atoms with Crippen molar-refractivity contribution in [3.05, 3.63) is 84.4 Å². The molecule has 3 aromatic carbocycles. The molecule has 1 heterocycles. The monoisotopic (exact) mass is 416 g/mol. The van der Waals surface area contributed by atoms with E-state index in [9.17, 15) is 14.7 Å². The number of carbonyl (C=O) groups excluding carboxylic acids is 2. The van der Waals surface area contributed by atoms with Crippen molar-refractivity contribution < 1.29 is 19.4 Å². The smallest absolute Gasteiger partial charge is 0.410 e. The van der Waals surface area contributed by atoms with Gasteiger partial charge in [-0.3, -0.25) is 9.69 Å². The minimum atomic E-state index is -0.562. The molecule has 6 nitrogen and oxygen atoms in total. The number of phenols is 1.